The highest BCUT2D eigenvalue weighted by molar-refractivity contribution is 5.91. The Labute approximate surface area is 91.0 Å². The average molecular weight is 209 g/mol. The molecule has 0 spiro atoms. The lowest BCUT2D eigenvalue weighted by Crippen LogP contribution is -2.29. The van der Waals surface area contributed by atoms with E-state index in [1.54, 1.807) is 0 Å². The molecular formula is C12H19NO2. The Morgan fingerprint density at radius 2 is 2.47 bits per heavy atom. The number of rotatable bonds is 4. The van der Waals surface area contributed by atoms with Crippen molar-refractivity contribution in [1.82, 2.24) is 0 Å². The number of allylic oxidation sites excluding steroid dienone is 1. The molecule has 3 heteroatoms. The van der Waals surface area contributed by atoms with Gasteiger partial charge in [-0.1, -0.05) is 31.6 Å². The van der Waals surface area contributed by atoms with E-state index in [9.17, 15) is 4.79 Å². The van der Waals surface area contributed by atoms with Gasteiger partial charge in [0, 0.05) is 6.04 Å². The third-order valence-corrected chi connectivity index (χ3v) is 2.73. The summed E-state index contributed by atoms with van der Waals surface area (Å²) >= 11 is 0. The molecule has 0 saturated carbocycles. The fourth-order valence-corrected chi connectivity index (χ4v) is 1.77. The molecule has 2 unspecified atom stereocenters. The maximum absolute atomic E-state index is 11.2. The molecule has 2 N–H and O–H groups in total. The van der Waals surface area contributed by atoms with Gasteiger partial charge in [-0.3, -0.25) is 0 Å². The maximum atomic E-state index is 11.2. The number of ether oxygens (including phenoxy) is 1. The number of esters is 1. The minimum absolute atomic E-state index is 0.196. The standard InChI is InChI=1S/C12H19NO2/c1-3-4-11(13)9-5-7-10(8-6-9)12(14)15-2/h5,7-9,11H,3-4,6,13H2,1-2H3. The van der Waals surface area contributed by atoms with Gasteiger partial charge in [-0.05, 0) is 18.8 Å². The lowest BCUT2D eigenvalue weighted by molar-refractivity contribution is -0.135. The summed E-state index contributed by atoms with van der Waals surface area (Å²) in [6.45, 7) is 2.13. The second-order valence-electron chi connectivity index (χ2n) is 3.86. The molecular weight excluding hydrogens is 190 g/mol. The van der Waals surface area contributed by atoms with Gasteiger partial charge in [0.05, 0.1) is 12.7 Å². The van der Waals surface area contributed by atoms with Gasteiger partial charge in [-0.15, -0.1) is 0 Å². The van der Waals surface area contributed by atoms with Crippen LogP contribution in [0.15, 0.2) is 23.8 Å². The molecule has 15 heavy (non-hydrogen) atoms. The maximum Gasteiger partial charge on any atom is 0.337 e. The summed E-state index contributed by atoms with van der Waals surface area (Å²) in [5.74, 6) is 0.0899. The Morgan fingerprint density at radius 1 is 1.73 bits per heavy atom. The number of hydrogen-bond acceptors (Lipinski definition) is 3. The molecule has 2 atom stereocenters. The zero-order chi connectivity index (χ0) is 11.3. The highest BCUT2D eigenvalue weighted by Gasteiger charge is 2.18. The molecule has 1 aliphatic rings. The Bertz CT molecular complexity index is 281. The first kappa shape index (κ1) is 12.0. The molecule has 0 bridgehead atoms. The Morgan fingerprint density at radius 3 is 2.93 bits per heavy atom. The van der Waals surface area contributed by atoms with Crippen molar-refractivity contribution in [2.75, 3.05) is 7.11 Å². The normalized spacial score (nSPS) is 22.1. The summed E-state index contributed by atoms with van der Waals surface area (Å²) in [5.41, 5.74) is 6.65. The molecule has 0 heterocycles. The van der Waals surface area contributed by atoms with Crippen LogP contribution in [0.1, 0.15) is 26.2 Å². The van der Waals surface area contributed by atoms with Crippen LogP contribution in [0.25, 0.3) is 0 Å². The quantitative estimate of drug-likeness (QED) is 0.718. The first-order chi connectivity index (χ1) is 7.19. The predicted octanol–water partition coefficient (Wildman–Crippen LogP) is 1.79. The van der Waals surface area contributed by atoms with Crippen LogP contribution in [0.5, 0.6) is 0 Å². The number of methoxy groups -OCH3 is 1. The largest absolute Gasteiger partial charge is 0.465 e. The van der Waals surface area contributed by atoms with Crippen molar-refractivity contribution in [1.29, 1.82) is 0 Å². The summed E-state index contributed by atoms with van der Waals surface area (Å²) in [4.78, 5) is 11.2. The van der Waals surface area contributed by atoms with Crippen molar-refractivity contribution in [2.45, 2.75) is 32.2 Å². The minimum Gasteiger partial charge on any atom is -0.465 e. The smallest absolute Gasteiger partial charge is 0.337 e. The number of carbonyl (C=O) groups excluding carboxylic acids is 1. The molecule has 0 aromatic heterocycles. The molecule has 0 amide bonds. The molecule has 1 aliphatic carbocycles. The van der Waals surface area contributed by atoms with E-state index in [4.69, 9.17) is 5.73 Å². The highest BCUT2D eigenvalue weighted by Crippen LogP contribution is 2.21. The molecule has 0 aromatic rings. The highest BCUT2D eigenvalue weighted by atomic mass is 16.5. The van der Waals surface area contributed by atoms with Crippen LogP contribution in [0.2, 0.25) is 0 Å². The summed E-state index contributed by atoms with van der Waals surface area (Å²) in [7, 11) is 1.39. The monoisotopic (exact) mass is 209 g/mol. The fraction of sp³-hybridized carbons (Fsp3) is 0.583. The predicted molar refractivity (Wildman–Crippen MR) is 60.2 cm³/mol. The molecule has 3 nitrogen and oxygen atoms in total. The number of carbonyl (C=O) groups is 1. The van der Waals surface area contributed by atoms with E-state index in [1.165, 1.54) is 7.11 Å². The first-order valence-electron chi connectivity index (χ1n) is 5.41. The summed E-state index contributed by atoms with van der Waals surface area (Å²) in [5, 5.41) is 0. The second-order valence-corrected chi connectivity index (χ2v) is 3.86. The average Bonchev–Trinajstić information content (AvgIpc) is 2.28. The molecule has 1 rings (SSSR count). The Kier molecular flexibility index (Phi) is 4.56. The lowest BCUT2D eigenvalue weighted by Gasteiger charge is -2.21. The Hall–Kier alpha value is -1.09. The van der Waals surface area contributed by atoms with Gasteiger partial charge in [-0.2, -0.15) is 0 Å². The minimum atomic E-state index is -0.270. The van der Waals surface area contributed by atoms with Gasteiger partial charge < -0.3 is 10.5 Å². The van der Waals surface area contributed by atoms with E-state index in [0.29, 0.717) is 11.5 Å². The van der Waals surface area contributed by atoms with Gasteiger partial charge >= 0.3 is 5.97 Å². The number of hydrogen-bond donors (Lipinski definition) is 1. The van der Waals surface area contributed by atoms with Gasteiger partial charge in [0.1, 0.15) is 0 Å². The molecule has 0 saturated heterocycles. The van der Waals surface area contributed by atoms with Crippen molar-refractivity contribution in [3.8, 4) is 0 Å². The lowest BCUT2D eigenvalue weighted by atomic mass is 9.88. The van der Waals surface area contributed by atoms with Crippen LogP contribution in [-0.2, 0) is 9.53 Å². The molecule has 84 valence electrons. The van der Waals surface area contributed by atoms with Crippen molar-refractivity contribution in [3.63, 3.8) is 0 Å². The third kappa shape index (κ3) is 3.20. The van der Waals surface area contributed by atoms with Gasteiger partial charge in [-0.25, -0.2) is 4.79 Å². The summed E-state index contributed by atoms with van der Waals surface area (Å²) in [6.07, 6.45) is 8.70. The number of nitrogens with two attached hydrogens (primary N) is 1. The van der Waals surface area contributed by atoms with Gasteiger partial charge in [0.25, 0.3) is 0 Å². The van der Waals surface area contributed by atoms with E-state index in [2.05, 4.69) is 11.7 Å². The summed E-state index contributed by atoms with van der Waals surface area (Å²) < 4.78 is 4.64. The van der Waals surface area contributed by atoms with Gasteiger partial charge in [0.2, 0.25) is 0 Å². The fourth-order valence-electron chi connectivity index (χ4n) is 1.77. The van der Waals surface area contributed by atoms with Crippen LogP contribution < -0.4 is 5.73 Å². The molecule has 0 radical (unpaired) electrons. The van der Waals surface area contributed by atoms with Crippen LogP contribution in [-0.4, -0.2) is 19.1 Å². The topological polar surface area (TPSA) is 52.3 Å². The van der Waals surface area contributed by atoms with E-state index in [1.807, 2.05) is 18.2 Å². The SMILES string of the molecule is CCCC(N)C1C=CC(C(=O)OC)=CC1. The van der Waals surface area contributed by atoms with E-state index in [-0.39, 0.29) is 12.0 Å². The molecule has 0 aromatic carbocycles. The molecule has 0 aliphatic heterocycles. The van der Waals surface area contributed by atoms with E-state index >= 15 is 0 Å². The van der Waals surface area contributed by atoms with Crippen LogP contribution >= 0.6 is 0 Å². The van der Waals surface area contributed by atoms with Crippen LogP contribution in [0.4, 0.5) is 0 Å². The zero-order valence-corrected chi connectivity index (χ0v) is 9.40. The third-order valence-electron chi connectivity index (χ3n) is 2.73. The second kappa shape index (κ2) is 5.71. The van der Waals surface area contributed by atoms with Crippen molar-refractivity contribution < 1.29 is 9.53 Å². The molecule has 0 fully saturated rings. The van der Waals surface area contributed by atoms with Crippen LogP contribution in [0.3, 0.4) is 0 Å². The zero-order valence-electron chi connectivity index (χ0n) is 9.40. The van der Waals surface area contributed by atoms with E-state index < -0.39 is 0 Å². The summed E-state index contributed by atoms with van der Waals surface area (Å²) in [6, 6.07) is 0.196. The first-order valence-corrected chi connectivity index (χ1v) is 5.41. The van der Waals surface area contributed by atoms with Crippen LogP contribution in [0, 0.1) is 5.92 Å². The Balaban J connectivity index is 2.52. The van der Waals surface area contributed by atoms with Crippen molar-refractivity contribution in [3.05, 3.63) is 23.8 Å². The van der Waals surface area contributed by atoms with Gasteiger partial charge in [0.15, 0.2) is 0 Å². The van der Waals surface area contributed by atoms with Crippen molar-refractivity contribution >= 4 is 5.97 Å². The van der Waals surface area contributed by atoms with E-state index in [0.717, 1.165) is 19.3 Å². The van der Waals surface area contributed by atoms with Crippen molar-refractivity contribution in [2.24, 2.45) is 11.7 Å².